The highest BCUT2D eigenvalue weighted by atomic mass is 32.1. The van der Waals surface area contributed by atoms with E-state index in [1.54, 1.807) is 25.5 Å². The summed E-state index contributed by atoms with van der Waals surface area (Å²) in [7, 11) is 3.29. The molecule has 0 saturated carbocycles. The van der Waals surface area contributed by atoms with Crippen molar-refractivity contribution < 1.29 is 4.74 Å². The molecule has 78 valence electrons. The van der Waals surface area contributed by atoms with E-state index in [2.05, 4.69) is 15.3 Å². The van der Waals surface area contributed by atoms with Crippen LogP contribution in [0, 0.1) is 0 Å². The minimum absolute atomic E-state index is 0.422. The van der Waals surface area contributed by atoms with Crippen molar-refractivity contribution in [3.63, 3.8) is 0 Å². The van der Waals surface area contributed by atoms with Gasteiger partial charge in [0.25, 0.3) is 0 Å². The zero-order valence-electron chi connectivity index (χ0n) is 8.28. The highest BCUT2D eigenvalue weighted by molar-refractivity contribution is 7.09. The Morgan fingerprint density at radius 3 is 3.21 bits per heavy atom. The van der Waals surface area contributed by atoms with Crippen molar-refractivity contribution in [2.75, 3.05) is 14.2 Å². The van der Waals surface area contributed by atoms with Gasteiger partial charge in [0.2, 0.25) is 0 Å². The molecule has 0 aromatic carbocycles. The number of hydrogen-bond donors (Lipinski definition) is 2. The highest BCUT2D eigenvalue weighted by Crippen LogP contribution is 2.09. The second-order valence-corrected chi connectivity index (χ2v) is 3.57. The van der Waals surface area contributed by atoms with Gasteiger partial charge in [-0.1, -0.05) is 0 Å². The van der Waals surface area contributed by atoms with Crippen molar-refractivity contribution in [3.05, 3.63) is 16.1 Å². The van der Waals surface area contributed by atoms with Crippen LogP contribution >= 0.6 is 11.3 Å². The van der Waals surface area contributed by atoms with E-state index in [-0.39, 0.29) is 0 Å². The summed E-state index contributed by atoms with van der Waals surface area (Å²) in [5, 5.41) is 5.88. The number of aliphatic imine (C=N–C) groups is 1. The standard InChI is InChI=1S/C8H14N4OS/c1-10-8(9)11-3-6-5-14-7(12-6)4-13-2/h5H,3-4H2,1-2H3,(H3,9,10,11). The topological polar surface area (TPSA) is 72.5 Å². The number of aromatic nitrogens is 1. The lowest BCUT2D eigenvalue weighted by atomic mass is 10.5. The lowest BCUT2D eigenvalue weighted by Crippen LogP contribution is -2.30. The zero-order chi connectivity index (χ0) is 10.4. The third-order valence-electron chi connectivity index (χ3n) is 1.56. The van der Waals surface area contributed by atoms with E-state index in [4.69, 9.17) is 10.5 Å². The van der Waals surface area contributed by atoms with Gasteiger partial charge in [0, 0.05) is 19.5 Å². The van der Waals surface area contributed by atoms with Gasteiger partial charge in [-0.25, -0.2) is 4.98 Å². The molecule has 1 rings (SSSR count). The average molecular weight is 214 g/mol. The van der Waals surface area contributed by atoms with Crippen LogP contribution in [0.1, 0.15) is 10.7 Å². The maximum Gasteiger partial charge on any atom is 0.188 e. The van der Waals surface area contributed by atoms with Crippen molar-refractivity contribution in [2.45, 2.75) is 13.2 Å². The molecule has 0 atom stereocenters. The van der Waals surface area contributed by atoms with E-state index in [9.17, 15) is 0 Å². The molecule has 0 fully saturated rings. The van der Waals surface area contributed by atoms with Gasteiger partial charge < -0.3 is 15.8 Å². The number of rotatable bonds is 4. The predicted octanol–water partition coefficient (Wildman–Crippen LogP) is 0.324. The lowest BCUT2D eigenvalue weighted by molar-refractivity contribution is 0.184. The molecule has 3 N–H and O–H groups in total. The van der Waals surface area contributed by atoms with E-state index in [0.717, 1.165) is 10.7 Å². The number of ether oxygens (including phenoxy) is 1. The van der Waals surface area contributed by atoms with E-state index >= 15 is 0 Å². The molecule has 0 amide bonds. The summed E-state index contributed by atoms with van der Waals surface area (Å²) in [6.07, 6.45) is 0. The molecule has 0 saturated heterocycles. The molecular weight excluding hydrogens is 200 g/mol. The molecule has 6 heteroatoms. The number of thiazole rings is 1. The fourth-order valence-electron chi connectivity index (χ4n) is 0.880. The van der Waals surface area contributed by atoms with Gasteiger partial charge in [0.05, 0.1) is 18.8 Å². The summed E-state index contributed by atoms with van der Waals surface area (Å²) in [6, 6.07) is 0. The minimum atomic E-state index is 0.422. The Kier molecular flexibility index (Phi) is 4.34. The molecule has 0 aliphatic heterocycles. The Hall–Kier alpha value is -1.14. The highest BCUT2D eigenvalue weighted by Gasteiger charge is 2.01. The van der Waals surface area contributed by atoms with Crippen LogP contribution in [0.4, 0.5) is 0 Å². The Morgan fingerprint density at radius 1 is 1.79 bits per heavy atom. The average Bonchev–Trinajstić information content (AvgIpc) is 2.63. The van der Waals surface area contributed by atoms with Crippen LogP contribution in [0.3, 0.4) is 0 Å². The molecule has 0 spiro atoms. The Morgan fingerprint density at radius 2 is 2.57 bits per heavy atom. The number of nitrogens with one attached hydrogen (secondary N) is 1. The maximum atomic E-state index is 5.48. The summed E-state index contributed by atoms with van der Waals surface area (Å²) in [5.41, 5.74) is 6.43. The molecule has 0 unspecified atom stereocenters. The van der Waals surface area contributed by atoms with Crippen molar-refractivity contribution in [2.24, 2.45) is 10.7 Å². The van der Waals surface area contributed by atoms with Crippen molar-refractivity contribution >= 4 is 17.3 Å². The predicted molar refractivity (Wildman–Crippen MR) is 57.2 cm³/mol. The molecule has 0 aliphatic carbocycles. The summed E-state index contributed by atoms with van der Waals surface area (Å²) in [5.74, 6) is 0.422. The minimum Gasteiger partial charge on any atom is -0.378 e. The lowest BCUT2D eigenvalue weighted by Gasteiger charge is -2.00. The Labute approximate surface area is 87.0 Å². The summed E-state index contributed by atoms with van der Waals surface area (Å²) in [4.78, 5) is 8.11. The van der Waals surface area contributed by atoms with Crippen LogP contribution in [0.2, 0.25) is 0 Å². The fourth-order valence-corrected chi connectivity index (χ4v) is 1.64. The molecule has 1 aromatic heterocycles. The number of nitrogens with zero attached hydrogens (tertiary/aromatic N) is 2. The molecule has 0 aliphatic rings. The van der Waals surface area contributed by atoms with E-state index in [1.165, 1.54) is 0 Å². The van der Waals surface area contributed by atoms with Crippen LogP contribution in [0.25, 0.3) is 0 Å². The maximum absolute atomic E-state index is 5.48. The van der Waals surface area contributed by atoms with Gasteiger partial charge in [-0.3, -0.25) is 4.99 Å². The first-order chi connectivity index (χ1) is 6.76. The van der Waals surface area contributed by atoms with Crippen LogP contribution in [0.15, 0.2) is 10.4 Å². The van der Waals surface area contributed by atoms with Crippen LogP contribution in [-0.2, 0) is 17.9 Å². The second kappa shape index (κ2) is 5.56. The number of nitrogens with two attached hydrogens (primary N) is 1. The fraction of sp³-hybridized carbons (Fsp3) is 0.500. The molecule has 0 radical (unpaired) electrons. The third-order valence-corrected chi connectivity index (χ3v) is 2.43. The van der Waals surface area contributed by atoms with Gasteiger partial charge in [-0.15, -0.1) is 11.3 Å². The largest absolute Gasteiger partial charge is 0.378 e. The quantitative estimate of drug-likeness (QED) is 0.559. The molecule has 0 bridgehead atoms. The third kappa shape index (κ3) is 3.31. The first kappa shape index (κ1) is 10.9. The number of guanidine groups is 1. The molecule has 14 heavy (non-hydrogen) atoms. The van der Waals surface area contributed by atoms with Crippen molar-refractivity contribution in [1.29, 1.82) is 0 Å². The van der Waals surface area contributed by atoms with Gasteiger partial charge in [-0.05, 0) is 0 Å². The SMILES string of the molecule is CN=C(N)NCc1csc(COC)n1. The van der Waals surface area contributed by atoms with Crippen LogP contribution in [-0.4, -0.2) is 25.1 Å². The number of hydrogen-bond acceptors (Lipinski definition) is 4. The van der Waals surface area contributed by atoms with E-state index in [1.807, 2.05) is 5.38 Å². The Bertz CT molecular complexity index is 310. The van der Waals surface area contributed by atoms with E-state index in [0.29, 0.717) is 19.1 Å². The smallest absolute Gasteiger partial charge is 0.188 e. The first-order valence-electron chi connectivity index (χ1n) is 4.14. The summed E-state index contributed by atoms with van der Waals surface area (Å²) in [6.45, 7) is 1.16. The summed E-state index contributed by atoms with van der Waals surface area (Å²) >= 11 is 1.58. The first-order valence-corrected chi connectivity index (χ1v) is 5.02. The van der Waals surface area contributed by atoms with Crippen molar-refractivity contribution in [3.8, 4) is 0 Å². The monoisotopic (exact) mass is 214 g/mol. The molecular formula is C8H14N4OS. The van der Waals surface area contributed by atoms with Crippen molar-refractivity contribution in [1.82, 2.24) is 10.3 Å². The second-order valence-electron chi connectivity index (χ2n) is 2.63. The van der Waals surface area contributed by atoms with E-state index < -0.39 is 0 Å². The van der Waals surface area contributed by atoms with Gasteiger partial charge in [0.1, 0.15) is 5.01 Å². The molecule has 1 heterocycles. The zero-order valence-corrected chi connectivity index (χ0v) is 9.10. The van der Waals surface area contributed by atoms with Crippen LogP contribution in [0.5, 0.6) is 0 Å². The van der Waals surface area contributed by atoms with Crippen LogP contribution < -0.4 is 11.1 Å². The Balaban J connectivity index is 2.43. The van der Waals surface area contributed by atoms with Gasteiger partial charge >= 0.3 is 0 Å². The number of methoxy groups -OCH3 is 1. The summed E-state index contributed by atoms with van der Waals surface area (Å²) < 4.78 is 4.97. The van der Waals surface area contributed by atoms with Gasteiger partial charge in [-0.2, -0.15) is 0 Å². The van der Waals surface area contributed by atoms with Gasteiger partial charge in [0.15, 0.2) is 5.96 Å². The normalized spacial score (nSPS) is 11.7. The molecule has 1 aromatic rings. The molecule has 5 nitrogen and oxygen atoms in total.